The van der Waals surface area contributed by atoms with Crippen molar-refractivity contribution in [3.8, 4) is 5.75 Å². The Bertz CT molecular complexity index is 1540. The van der Waals surface area contributed by atoms with Crippen molar-refractivity contribution in [2.75, 3.05) is 38.3 Å². The molecule has 4 atom stereocenters. The highest BCUT2D eigenvalue weighted by Gasteiger charge is 2.51. The summed E-state index contributed by atoms with van der Waals surface area (Å²) in [5.74, 6) is 0.889. The number of benzene rings is 2. The summed E-state index contributed by atoms with van der Waals surface area (Å²) in [5, 5.41) is 4.01. The number of hydrogen-bond acceptors (Lipinski definition) is 7. The molecule has 1 amide bonds. The minimum atomic E-state index is -4.09. The lowest BCUT2D eigenvalue weighted by molar-refractivity contribution is -0.122. The number of amides is 1. The summed E-state index contributed by atoms with van der Waals surface area (Å²) in [6.07, 6.45) is 10.4. The first kappa shape index (κ1) is 28.2. The average Bonchev–Trinajstić information content (AvgIpc) is 3.77. The third-order valence-corrected chi connectivity index (χ3v) is 11.8. The lowest BCUT2D eigenvalue weighted by Gasteiger charge is -2.46. The molecule has 2 aromatic rings. The SMILES string of the molecule is CO[C@@H]1/C=C/CNC2(CC2)C(=O)NS(=O)(=O)c2ccc3c(c2)N(C[C@@H]2CC[C@H]21)C[C@@]1(CCCc2cc(Cl)ccc21)CO3. The van der Waals surface area contributed by atoms with Gasteiger partial charge in [0.15, 0.2) is 0 Å². The van der Waals surface area contributed by atoms with Crippen molar-refractivity contribution in [3.63, 3.8) is 0 Å². The molecule has 7 rings (SSSR count). The smallest absolute Gasteiger partial charge is 0.264 e. The molecule has 5 aliphatic rings. The molecule has 2 N–H and O–H groups in total. The summed E-state index contributed by atoms with van der Waals surface area (Å²) in [7, 11) is -2.33. The van der Waals surface area contributed by atoms with Crippen molar-refractivity contribution in [2.24, 2.45) is 11.8 Å². The summed E-state index contributed by atoms with van der Waals surface area (Å²) in [6, 6.07) is 11.2. The molecule has 0 saturated heterocycles. The molecule has 8 nitrogen and oxygen atoms in total. The van der Waals surface area contributed by atoms with Gasteiger partial charge in [0.05, 0.1) is 28.8 Å². The highest BCUT2D eigenvalue weighted by atomic mass is 35.5. The number of aryl methyl sites for hydroxylation is 1. The fraction of sp³-hybridized carbons (Fsp3) is 0.531. The number of fused-ring (bicyclic) bond motifs is 4. The Hall–Kier alpha value is -2.59. The molecule has 2 fully saturated rings. The van der Waals surface area contributed by atoms with Crippen LogP contribution in [0.1, 0.15) is 49.7 Å². The minimum Gasteiger partial charge on any atom is -0.490 e. The highest BCUT2D eigenvalue weighted by molar-refractivity contribution is 7.90. The second kappa shape index (κ2) is 10.5. The third kappa shape index (κ3) is 4.92. The van der Waals surface area contributed by atoms with E-state index in [0.717, 1.165) is 49.4 Å². The maximum atomic E-state index is 13.5. The van der Waals surface area contributed by atoms with Gasteiger partial charge in [0.2, 0.25) is 0 Å². The second-order valence-corrected chi connectivity index (χ2v) is 14.9. The normalized spacial score (nSPS) is 32.0. The minimum absolute atomic E-state index is 0.0247. The number of methoxy groups -OCH3 is 1. The van der Waals surface area contributed by atoms with Crippen LogP contribution < -0.4 is 19.7 Å². The lowest BCUT2D eigenvalue weighted by atomic mass is 9.68. The van der Waals surface area contributed by atoms with E-state index in [0.29, 0.717) is 50.1 Å². The van der Waals surface area contributed by atoms with Crippen LogP contribution in [0.15, 0.2) is 53.4 Å². The molecule has 0 aromatic heterocycles. The number of anilines is 1. The van der Waals surface area contributed by atoms with Gasteiger partial charge in [0, 0.05) is 37.2 Å². The predicted octanol–water partition coefficient (Wildman–Crippen LogP) is 4.35. The van der Waals surface area contributed by atoms with E-state index < -0.39 is 21.5 Å². The summed E-state index contributed by atoms with van der Waals surface area (Å²) < 4.78 is 41.9. The Morgan fingerprint density at radius 1 is 1.12 bits per heavy atom. The van der Waals surface area contributed by atoms with Crippen LogP contribution in [0.4, 0.5) is 5.69 Å². The molecule has 42 heavy (non-hydrogen) atoms. The number of carbonyl (C=O) groups is 1. The number of ether oxygens (including phenoxy) is 2. The zero-order valence-electron chi connectivity index (χ0n) is 23.9. The maximum Gasteiger partial charge on any atom is 0.264 e. The van der Waals surface area contributed by atoms with E-state index in [9.17, 15) is 13.2 Å². The highest BCUT2D eigenvalue weighted by Crippen LogP contribution is 2.47. The Morgan fingerprint density at radius 3 is 2.74 bits per heavy atom. The number of rotatable bonds is 1. The van der Waals surface area contributed by atoms with Gasteiger partial charge in [-0.05, 0) is 98.2 Å². The Labute approximate surface area is 252 Å². The average molecular weight is 612 g/mol. The van der Waals surface area contributed by atoms with Crippen molar-refractivity contribution in [1.82, 2.24) is 10.0 Å². The summed E-state index contributed by atoms with van der Waals surface area (Å²) >= 11 is 6.40. The van der Waals surface area contributed by atoms with E-state index in [2.05, 4.69) is 33.1 Å². The number of carbonyl (C=O) groups excluding carboxylic acids is 1. The van der Waals surface area contributed by atoms with E-state index >= 15 is 0 Å². The molecule has 2 bridgehead atoms. The van der Waals surface area contributed by atoms with Crippen molar-refractivity contribution in [2.45, 2.75) is 66.9 Å². The second-order valence-electron chi connectivity index (χ2n) is 12.8. The fourth-order valence-corrected chi connectivity index (χ4v) is 8.80. The molecule has 2 aliphatic heterocycles. The van der Waals surface area contributed by atoms with Gasteiger partial charge < -0.3 is 14.4 Å². The standard InChI is InChI=1S/C32H38ClN3O5S/c1-40-28-5-3-15-34-32(13-14-32)30(37)35-42(38,39)24-8-11-29-27(17-24)36(18-22-6-9-25(22)28)19-31(20-41-29)12-2-4-21-16-23(33)7-10-26(21)31/h3,5,7-8,10-11,16-17,22,25,28,34H,2,4,6,9,12-15,18-20H2,1H3,(H,35,37)/b5-3+/t22-,25+,28+,31-/m0/s1. The monoisotopic (exact) mass is 611 g/mol. The Balaban J connectivity index is 1.31. The Morgan fingerprint density at radius 2 is 1.98 bits per heavy atom. The van der Waals surface area contributed by atoms with Crippen LogP contribution in [0, 0.1) is 11.8 Å². The molecule has 0 unspecified atom stereocenters. The van der Waals surface area contributed by atoms with E-state index in [4.69, 9.17) is 21.1 Å². The zero-order chi connectivity index (χ0) is 29.1. The van der Waals surface area contributed by atoms with Gasteiger partial charge in [-0.2, -0.15) is 0 Å². The molecular weight excluding hydrogens is 574 g/mol. The van der Waals surface area contributed by atoms with Gasteiger partial charge >= 0.3 is 0 Å². The molecule has 3 aliphatic carbocycles. The number of hydrogen-bond donors (Lipinski definition) is 2. The van der Waals surface area contributed by atoms with E-state index in [1.54, 1.807) is 25.3 Å². The van der Waals surface area contributed by atoms with Gasteiger partial charge in [-0.1, -0.05) is 29.8 Å². The van der Waals surface area contributed by atoms with Crippen molar-refractivity contribution in [1.29, 1.82) is 0 Å². The number of halogens is 1. The van der Waals surface area contributed by atoms with Gasteiger partial charge in [0.25, 0.3) is 15.9 Å². The van der Waals surface area contributed by atoms with Gasteiger partial charge in [0.1, 0.15) is 5.75 Å². The van der Waals surface area contributed by atoms with Crippen LogP contribution >= 0.6 is 11.6 Å². The number of nitrogens with one attached hydrogen (secondary N) is 2. The molecule has 2 saturated carbocycles. The Kier molecular flexibility index (Phi) is 7.08. The largest absolute Gasteiger partial charge is 0.490 e. The van der Waals surface area contributed by atoms with E-state index in [-0.39, 0.29) is 16.4 Å². The first-order valence-corrected chi connectivity index (χ1v) is 16.9. The van der Waals surface area contributed by atoms with E-state index in [1.165, 1.54) is 11.1 Å². The quantitative estimate of drug-likeness (QED) is 0.463. The van der Waals surface area contributed by atoms with Crippen LogP contribution in [0.25, 0.3) is 0 Å². The molecule has 2 spiro atoms. The van der Waals surface area contributed by atoms with Gasteiger partial charge in [-0.3, -0.25) is 10.1 Å². The molecule has 10 heteroatoms. The molecule has 0 radical (unpaired) electrons. The van der Waals surface area contributed by atoms with Gasteiger partial charge in [-0.25, -0.2) is 13.1 Å². The van der Waals surface area contributed by atoms with E-state index in [1.807, 2.05) is 12.1 Å². The van der Waals surface area contributed by atoms with Crippen LogP contribution in [0.3, 0.4) is 0 Å². The topological polar surface area (TPSA) is 97.0 Å². The summed E-state index contributed by atoms with van der Waals surface area (Å²) in [4.78, 5) is 15.6. The third-order valence-electron chi connectivity index (χ3n) is 10.2. The molecule has 2 aromatic carbocycles. The van der Waals surface area contributed by atoms with Crippen LogP contribution in [0.2, 0.25) is 5.02 Å². The number of sulfonamides is 1. The van der Waals surface area contributed by atoms with Crippen molar-refractivity contribution >= 4 is 33.2 Å². The summed E-state index contributed by atoms with van der Waals surface area (Å²) in [5.41, 5.74) is 2.17. The van der Waals surface area contributed by atoms with Crippen molar-refractivity contribution in [3.05, 3.63) is 64.7 Å². The molecule has 224 valence electrons. The van der Waals surface area contributed by atoms with Crippen LogP contribution in [-0.4, -0.2) is 59.3 Å². The summed E-state index contributed by atoms with van der Waals surface area (Å²) in [6.45, 7) is 2.43. The predicted molar refractivity (Wildman–Crippen MR) is 162 cm³/mol. The van der Waals surface area contributed by atoms with Gasteiger partial charge in [-0.15, -0.1) is 0 Å². The number of nitrogens with zero attached hydrogens (tertiary/aromatic N) is 1. The molecule has 2 heterocycles. The molecular formula is C32H38ClN3O5S. The fourth-order valence-electron chi connectivity index (χ4n) is 7.54. The first-order valence-electron chi connectivity index (χ1n) is 15.0. The lowest BCUT2D eigenvalue weighted by Crippen LogP contribution is -2.50. The van der Waals surface area contributed by atoms with Crippen LogP contribution in [-0.2, 0) is 31.4 Å². The first-order chi connectivity index (χ1) is 20.2. The zero-order valence-corrected chi connectivity index (χ0v) is 25.5. The maximum absolute atomic E-state index is 13.5. The van der Waals surface area contributed by atoms with Crippen LogP contribution in [0.5, 0.6) is 5.75 Å². The van der Waals surface area contributed by atoms with Crippen molar-refractivity contribution < 1.29 is 22.7 Å².